The minimum Gasteiger partial charge on any atom is -0.302 e. The molecule has 2 aromatic heterocycles. The van der Waals surface area contributed by atoms with Gasteiger partial charge in [-0.25, -0.2) is 18.1 Å². The van der Waals surface area contributed by atoms with Gasteiger partial charge in [0.25, 0.3) is 10.0 Å². The molecule has 0 atom stereocenters. The minimum absolute atomic E-state index is 0.0864. The normalized spacial score (nSPS) is 16.2. The first-order chi connectivity index (χ1) is 9.40. The second-order valence-electron chi connectivity index (χ2n) is 5.74. The maximum Gasteiger partial charge on any atom is 0.260 e. The van der Waals surface area contributed by atoms with Crippen LogP contribution in [-0.4, -0.2) is 23.8 Å². The molecule has 1 fully saturated rings. The van der Waals surface area contributed by atoms with Crippen LogP contribution in [0.25, 0.3) is 5.52 Å². The molecule has 0 bridgehead atoms. The summed E-state index contributed by atoms with van der Waals surface area (Å²) >= 11 is 0. The zero-order valence-electron chi connectivity index (χ0n) is 11.9. The molecule has 3 rings (SSSR count). The van der Waals surface area contributed by atoms with Crippen LogP contribution in [0.1, 0.15) is 44.0 Å². The van der Waals surface area contributed by atoms with Crippen LogP contribution in [-0.2, 0) is 10.0 Å². The van der Waals surface area contributed by atoms with E-state index in [1.165, 1.54) is 0 Å². The third kappa shape index (κ3) is 2.23. The molecule has 0 aliphatic heterocycles. The van der Waals surface area contributed by atoms with E-state index in [1.54, 1.807) is 0 Å². The SMILES string of the molecule is Cc1cccn2c(C(C)C)nc(S(=O)(=O)NC3CC3)c12. The van der Waals surface area contributed by atoms with Crippen molar-refractivity contribution in [2.75, 3.05) is 0 Å². The molecule has 0 unspecified atom stereocenters. The Balaban J connectivity index is 2.24. The molecule has 2 aromatic rings. The number of aryl methyl sites for hydroxylation is 1. The third-order valence-corrected chi connectivity index (χ3v) is 4.97. The van der Waals surface area contributed by atoms with Crippen molar-refractivity contribution in [1.82, 2.24) is 14.1 Å². The van der Waals surface area contributed by atoms with Gasteiger partial charge in [0.2, 0.25) is 0 Å². The number of aromatic nitrogens is 2. The van der Waals surface area contributed by atoms with Gasteiger partial charge in [0.15, 0.2) is 5.03 Å². The van der Waals surface area contributed by atoms with Crippen LogP contribution in [0.15, 0.2) is 23.4 Å². The quantitative estimate of drug-likeness (QED) is 0.940. The van der Waals surface area contributed by atoms with Crippen molar-refractivity contribution in [2.45, 2.75) is 50.6 Å². The molecule has 5 nitrogen and oxygen atoms in total. The lowest BCUT2D eigenvalue weighted by atomic mass is 10.2. The maximum atomic E-state index is 12.5. The number of imidazole rings is 1. The van der Waals surface area contributed by atoms with Crippen LogP contribution in [0.5, 0.6) is 0 Å². The summed E-state index contributed by atoms with van der Waals surface area (Å²) in [6, 6.07) is 3.92. The number of pyridine rings is 1. The van der Waals surface area contributed by atoms with E-state index in [4.69, 9.17) is 0 Å². The standard InChI is InChI=1S/C14H19N3O2S/c1-9(2)13-15-14(20(18,19)16-11-6-7-11)12-10(3)5-4-8-17(12)13/h4-5,8-9,11,16H,6-7H2,1-3H3. The highest BCUT2D eigenvalue weighted by molar-refractivity contribution is 7.89. The lowest BCUT2D eigenvalue weighted by Gasteiger charge is -2.05. The Morgan fingerprint density at radius 3 is 2.70 bits per heavy atom. The first kappa shape index (κ1) is 13.6. The highest BCUT2D eigenvalue weighted by Crippen LogP contribution is 2.27. The smallest absolute Gasteiger partial charge is 0.260 e. The Morgan fingerprint density at radius 2 is 2.10 bits per heavy atom. The average Bonchev–Trinajstić information content (AvgIpc) is 3.05. The van der Waals surface area contributed by atoms with Gasteiger partial charge in [0.1, 0.15) is 5.82 Å². The van der Waals surface area contributed by atoms with Gasteiger partial charge in [-0.1, -0.05) is 19.9 Å². The van der Waals surface area contributed by atoms with E-state index < -0.39 is 10.0 Å². The van der Waals surface area contributed by atoms with Crippen LogP contribution >= 0.6 is 0 Å². The largest absolute Gasteiger partial charge is 0.302 e. The summed E-state index contributed by atoms with van der Waals surface area (Å²) in [5.41, 5.74) is 1.60. The van der Waals surface area contributed by atoms with E-state index >= 15 is 0 Å². The number of rotatable bonds is 4. The Morgan fingerprint density at radius 1 is 1.40 bits per heavy atom. The molecule has 20 heavy (non-hydrogen) atoms. The van der Waals surface area contributed by atoms with Crippen LogP contribution in [0.3, 0.4) is 0 Å². The summed E-state index contributed by atoms with van der Waals surface area (Å²) in [5.74, 6) is 0.939. The molecular weight excluding hydrogens is 274 g/mol. The summed E-state index contributed by atoms with van der Waals surface area (Å²) in [4.78, 5) is 4.41. The van der Waals surface area contributed by atoms with Crippen LogP contribution in [0.2, 0.25) is 0 Å². The summed E-state index contributed by atoms with van der Waals surface area (Å²) < 4.78 is 29.6. The van der Waals surface area contributed by atoms with Crippen LogP contribution < -0.4 is 4.72 Å². The van der Waals surface area contributed by atoms with E-state index in [0.29, 0.717) is 5.52 Å². The minimum atomic E-state index is -3.54. The fourth-order valence-corrected chi connectivity index (χ4v) is 3.88. The van der Waals surface area contributed by atoms with Gasteiger partial charge in [-0.3, -0.25) is 0 Å². The van der Waals surface area contributed by atoms with Gasteiger partial charge < -0.3 is 4.40 Å². The molecule has 1 aliphatic rings. The van der Waals surface area contributed by atoms with E-state index in [1.807, 2.05) is 43.5 Å². The highest BCUT2D eigenvalue weighted by atomic mass is 32.2. The maximum absolute atomic E-state index is 12.5. The van der Waals surface area contributed by atoms with Gasteiger partial charge in [0, 0.05) is 18.2 Å². The molecule has 0 radical (unpaired) electrons. The number of sulfonamides is 1. The molecular formula is C14H19N3O2S. The topological polar surface area (TPSA) is 63.5 Å². The van der Waals surface area contributed by atoms with Gasteiger partial charge >= 0.3 is 0 Å². The molecule has 1 N–H and O–H groups in total. The predicted octanol–water partition coefficient (Wildman–Crippen LogP) is 2.21. The van der Waals surface area contributed by atoms with Gasteiger partial charge in [-0.2, -0.15) is 0 Å². The monoisotopic (exact) mass is 293 g/mol. The lowest BCUT2D eigenvalue weighted by Crippen LogP contribution is -2.26. The molecule has 0 saturated heterocycles. The fourth-order valence-electron chi connectivity index (χ4n) is 2.36. The van der Waals surface area contributed by atoms with E-state index in [-0.39, 0.29) is 17.0 Å². The zero-order valence-corrected chi connectivity index (χ0v) is 12.7. The Labute approximate surface area is 119 Å². The number of hydrogen-bond donors (Lipinski definition) is 1. The van der Waals surface area contributed by atoms with E-state index in [9.17, 15) is 8.42 Å². The lowest BCUT2D eigenvalue weighted by molar-refractivity contribution is 0.578. The molecule has 108 valence electrons. The molecule has 0 amide bonds. The highest BCUT2D eigenvalue weighted by Gasteiger charge is 2.32. The molecule has 1 saturated carbocycles. The summed E-state index contributed by atoms with van der Waals surface area (Å²) in [7, 11) is -3.54. The number of nitrogens with one attached hydrogen (secondary N) is 1. The predicted molar refractivity (Wildman–Crippen MR) is 77.4 cm³/mol. The van der Waals surface area contributed by atoms with Crippen molar-refractivity contribution in [3.63, 3.8) is 0 Å². The van der Waals surface area contributed by atoms with Gasteiger partial charge in [-0.05, 0) is 31.4 Å². The van der Waals surface area contributed by atoms with Crippen molar-refractivity contribution < 1.29 is 8.42 Å². The molecule has 6 heteroatoms. The van der Waals surface area contributed by atoms with Gasteiger partial charge in [0.05, 0.1) is 5.52 Å². The van der Waals surface area contributed by atoms with Crippen LogP contribution in [0, 0.1) is 6.92 Å². The van der Waals surface area contributed by atoms with Crippen molar-refractivity contribution in [2.24, 2.45) is 0 Å². The Bertz CT molecular complexity index is 758. The molecule has 0 spiro atoms. The molecule has 2 heterocycles. The second-order valence-corrected chi connectivity index (χ2v) is 7.36. The van der Waals surface area contributed by atoms with Crippen molar-refractivity contribution in [3.05, 3.63) is 29.7 Å². The third-order valence-electron chi connectivity index (χ3n) is 3.53. The van der Waals surface area contributed by atoms with E-state index in [2.05, 4.69) is 9.71 Å². The average molecular weight is 293 g/mol. The van der Waals surface area contributed by atoms with E-state index in [0.717, 1.165) is 24.2 Å². The Hall–Kier alpha value is -1.40. The summed E-state index contributed by atoms with van der Waals surface area (Å²) in [6.07, 6.45) is 3.71. The number of nitrogens with zero attached hydrogens (tertiary/aromatic N) is 2. The van der Waals surface area contributed by atoms with Crippen LogP contribution in [0.4, 0.5) is 0 Å². The number of fused-ring (bicyclic) bond motifs is 1. The molecule has 0 aromatic carbocycles. The summed E-state index contributed by atoms with van der Waals surface area (Å²) in [5, 5.41) is 0.159. The first-order valence-electron chi connectivity index (χ1n) is 6.90. The fraction of sp³-hybridized carbons (Fsp3) is 0.500. The zero-order chi connectivity index (χ0) is 14.5. The Kier molecular flexibility index (Phi) is 3.10. The number of hydrogen-bond acceptors (Lipinski definition) is 3. The van der Waals surface area contributed by atoms with Crippen molar-refractivity contribution >= 4 is 15.5 Å². The second kappa shape index (κ2) is 4.56. The van der Waals surface area contributed by atoms with Crippen molar-refractivity contribution in [3.8, 4) is 0 Å². The summed E-state index contributed by atoms with van der Waals surface area (Å²) in [6.45, 7) is 5.95. The van der Waals surface area contributed by atoms with Crippen molar-refractivity contribution in [1.29, 1.82) is 0 Å². The van der Waals surface area contributed by atoms with Gasteiger partial charge in [-0.15, -0.1) is 0 Å². The molecule has 1 aliphatic carbocycles. The first-order valence-corrected chi connectivity index (χ1v) is 8.38.